The van der Waals surface area contributed by atoms with Crippen molar-refractivity contribution in [3.63, 3.8) is 0 Å². The lowest BCUT2D eigenvalue weighted by atomic mass is 10.0. The Bertz CT molecular complexity index is 1380. The first kappa shape index (κ1) is 15.5. The van der Waals surface area contributed by atoms with Gasteiger partial charge in [0.05, 0.1) is 29.5 Å². The van der Waals surface area contributed by atoms with E-state index in [9.17, 15) is 9.59 Å². The van der Waals surface area contributed by atoms with E-state index in [1.807, 2.05) is 5.32 Å². The van der Waals surface area contributed by atoms with E-state index >= 15 is 0 Å². The Morgan fingerprint density at radius 3 is 2.93 bits per heavy atom. The first-order valence-electron chi connectivity index (χ1n) is 10.3. The van der Waals surface area contributed by atoms with Gasteiger partial charge in [0, 0.05) is 22.2 Å². The number of aromatic nitrogens is 4. The number of halogens is 1. The summed E-state index contributed by atoms with van der Waals surface area (Å²) >= 11 is 6.10. The van der Waals surface area contributed by atoms with E-state index in [2.05, 4.69) is 15.2 Å². The lowest BCUT2D eigenvalue weighted by Crippen LogP contribution is -2.25. The zero-order valence-electron chi connectivity index (χ0n) is 18.3. The van der Waals surface area contributed by atoms with Crippen LogP contribution in [0.2, 0.25) is 5.15 Å². The van der Waals surface area contributed by atoms with Crippen LogP contribution in [0.15, 0.2) is 59.8 Å². The predicted molar refractivity (Wildman–Crippen MR) is 112 cm³/mol. The molecule has 1 atom stereocenters. The molecule has 4 aromatic rings. The third-order valence-corrected chi connectivity index (χ3v) is 5.14. The van der Waals surface area contributed by atoms with Gasteiger partial charge in [0.2, 0.25) is 0 Å². The molecule has 1 amide bonds. The summed E-state index contributed by atoms with van der Waals surface area (Å²) < 4.78 is 23.1. The smallest absolute Gasteiger partial charge is 0.261 e. The molecule has 0 saturated heterocycles. The second-order valence-corrected chi connectivity index (χ2v) is 6.92. The summed E-state index contributed by atoms with van der Waals surface area (Å²) in [4.78, 5) is 29.8. The number of hydrogen-bond acceptors (Lipinski definition) is 4. The van der Waals surface area contributed by atoms with Gasteiger partial charge in [-0.15, -0.1) is 0 Å². The normalized spacial score (nSPS) is 14.1. The van der Waals surface area contributed by atoms with Crippen molar-refractivity contribution in [2.75, 3.05) is 6.98 Å². The van der Waals surface area contributed by atoms with Crippen LogP contribution in [-0.4, -0.2) is 32.6 Å². The van der Waals surface area contributed by atoms with Crippen molar-refractivity contribution in [2.24, 2.45) is 0 Å². The van der Waals surface area contributed by atoms with Crippen LogP contribution < -0.4 is 10.9 Å². The molecule has 2 heterocycles. The van der Waals surface area contributed by atoms with E-state index in [0.717, 1.165) is 5.56 Å². The maximum atomic E-state index is 13.1. The number of nitrogens with one attached hydrogen (secondary N) is 2. The van der Waals surface area contributed by atoms with Crippen molar-refractivity contribution in [3.05, 3.63) is 81.6 Å². The summed E-state index contributed by atoms with van der Waals surface area (Å²) in [5.74, 6) is -0.714. The molecule has 2 aromatic carbocycles. The maximum absolute atomic E-state index is 13.1. The maximum Gasteiger partial charge on any atom is 0.261 e. The fraction of sp³-hybridized carbons (Fsp3) is 0.143. The topological polar surface area (TPSA) is 92.7 Å². The van der Waals surface area contributed by atoms with Crippen molar-refractivity contribution in [3.8, 4) is 11.1 Å². The fourth-order valence-corrected chi connectivity index (χ4v) is 3.43. The minimum Gasteiger partial charge on any atom is -0.355 e. The molecule has 0 unspecified atom stereocenters. The number of aromatic amines is 1. The molecule has 7 nitrogen and oxygen atoms in total. The first-order valence-corrected chi connectivity index (χ1v) is 9.14. The highest BCUT2D eigenvalue weighted by atomic mass is 35.5. The third-order valence-electron chi connectivity index (χ3n) is 4.85. The number of carbonyl (C=O) groups excluding carboxylic acids is 1. The molecule has 2 N–H and O–H groups in total. The molecule has 0 aliphatic heterocycles. The number of H-pyrrole nitrogens is 1. The number of hydrogen-bond donors (Lipinski definition) is 2. The molecular formula is C21H18ClN5O2. The predicted octanol–water partition coefficient (Wildman–Crippen LogP) is 3.41. The summed E-state index contributed by atoms with van der Waals surface area (Å²) in [5.41, 5.74) is 2.60. The van der Waals surface area contributed by atoms with E-state index in [1.165, 1.54) is 17.0 Å². The highest BCUT2D eigenvalue weighted by Crippen LogP contribution is 2.27. The minimum absolute atomic E-state index is 0.189. The Morgan fingerprint density at radius 2 is 2.17 bits per heavy atom. The zero-order valence-corrected chi connectivity index (χ0v) is 16.1. The Morgan fingerprint density at radius 1 is 1.31 bits per heavy atom. The average Bonchev–Trinajstić information content (AvgIpc) is 3.18. The third kappa shape index (κ3) is 3.40. The van der Waals surface area contributed by atoms with Gasteiger partial charge in [-0.05, 0) is 42.3 Å². The van der Waals surface area contributed by atoms with Crippen LogP contribution in [0.1, 0.15) is 33.0 Å². The van der Waals surface area contributed by atoms with Crippen molar-refractivity contribution < 1.29 is 8.91 Å². The number of nitrogens with zero attached hydrogens (tertiary/aromatic N) is 3. The average molecular weight is 411 g/mol. The second kappa shape index (κ2) is 7.52. The van der Waals surface area contributed by atoms with E-state index in [0.29, 0.717) is 27.2 Å². The number of rotatable bonds is 4. The second-order valence-electron chi connectivity index (χ2n) is 6.54. The van der Waals surface area contributed by atoms with E-state index in [4.69, 9.17) is 15.7 Å². The molecule has 0 aliphatic rings. The SMILES string of the molecule is [2H]C([2H])([2H])NC(=O)c1cccc([C@@H](C)n2cnc3cc(-c4cn[nH]c4Cl)ccc3c2=O)c1. The molecule has 29 heavy (non-hydrogen) atoms. The molecule has 2 aromatic heterocycles. The van der Waals surface area contributed by atoms with Gasteiger partial charge in [0.15, 0.2) is 0 Å². The molecule has 8 heteroatoms. The molecule has 0 aliphatic carbocycles. The standard InChI is InChI=1S/C21H18ClN5O2/c1-12(13-4-3-5-15(8-13)20(28)23-2)27-11-24-18-9-14(6-7-16(18)21(27)29)17-10-25-26-19(17)22/h3-12H,1-2H3,(H,23,28)(H,25,26)/t12-/m1/s1/i2D3. The van der Waals surface area contributed by atoms with Gasteiger partial charge in [0.1, 0.15) is 5.15 Å². The van der Waals surface area contributed by atoms with Crippen molar-refractivity contribution in [2.45, 2.75) is 13.0 Å². The number of carbonyl (C=O) groups is 1. The number of fused-ring (bicyclic) bond motifs is 1. The van der Waals surface area contributed by atoms with Gasteiger partial charge >= 0.3 is 0 Å². The van der Waals surface area contributed by atoms with Crippen molar-refractivity contribution in [1.29, 1.82) is 0 Å². The Balaban J connectivity index is 1.69. The molecular weight excluding hydrogens is 390 g/mol. The van der Waals surface area contributed by atoms with E-state index in [-0.39, 0.29) is 11.1 Å². The van der Waals surface area contributed by atoms with Crippen LogP contribution in [0.4, 0.5) is 0 Å². The molecule has 0 radical (unpaired) electrons. The zero-order chi connectivity index (χ0) is 23.0. The van der Waals surface area contributed by atoms with Crippen LogP contribution in [-0.2, 0) is 0 Å². The Hall–Kier alpha value is -3.45. The number of amides is 1. The van der Waals surface area contributed by atoms with Crippen LogP contribution in [0.3, 0.4) is 0 Å². The van der Waals surface area contributed by atoms with E-state index < -0.39 is 18.9 Å². The van der Waals surface area contributed by atoms with Gasteiger partial charge in [-0.2, -0.15) is 5.10 Å². The van der Waals surface area contributed by atoms with Gasteiger partial charge in [-0.1, -0.05) is 29.8 Å². The molecule has 0 spiro atoms. The van der Waals surface area contributed by atoms with Gasteiger partial charge in [-0.3, -0.25) is 19.3 Å². The Labute approximate surface area is 175 Å². The first-order chi connectivity index (χ1) is 15.1. The van der Waals surface area contributed by atoms with E-state index in [1.54, 1.807) is 49.5 Å². The minimum atomic E-state index is -2.59. The quantitative estimate of drug-likeness (QED) is 0.539. The largest absolute Gasteiger partial charge is 0.355 e. The number of benzene rings is 2. The lowest BCUT2D eigenvalue weighted by molar-refractivity contribution is 0.0963. The highest BCUT2D eigenvalue weighted by molar-refractivity contribution is 6.32. The Kier molecular flexibility index (Phi) is 4.01. The molecule has 0 fully saturated rings. The summed E-state index contributed by atoms with van der Waals surface area (Å²) in [6.07, 6.45) is 3.05. The van der Waals surface area contributed by atoms with Crippen LogP contribution in [0, 0.1) is 0 Å². The summed E-state index contributed by atoms with van der Waals surface area (Å²) in [5, 5.41) is 9.35. The summed E-state index contributed by atoms with van der Waals surface area (Å²) in [6, 6.07) is 11.3. The van der Waals surface area contributed by atoms with Gasteiger partial charge in [-0.25, -0.2) is 4.98 Å². The van der Waals surface area contributed by atoms with Gasteiger partial charge < -0.3 is 5.32 Å². The molecule has 0 bridgehead atoms. The molecule has 146 valence electrons. The molecule has 4 rings (SSSR count). The lowest BCUT2D eigenvalue weighted by Gasteiger charge is -2.16. The van der Waals surface area contributed by atoms with Gasteiger partial charge in [0.25, 0.3) is 11.5 Å². The highest BCUT2D eigenvalue weighted by Gasteiger charge is 2.15. The van der Waals surface area contributed by atoms with Crippen molar-refractivity contribution in [1.82, 2.24) is 25.1 Å². The molecule has 0 saturated carbocycles. The monoisotopic (exact) mass is 410 g/mol. The van der Waals surface area contributed by atoms with Crippen molar-refractivity contribution >= 4 is 28.4 Å². The van der Waals surface area contributed by atoms with Crippen LogP contribution >= 0.6 is 11.6 Å². The summed E-state index contributed by atoms with van der Waals surface area (Å²) in [7, 11) is 0. The summed E-state index contributed by atoms with van der Waals surface area (Å²) in [6.45, 7) is -0.785. The van der Waals surface area contributed by atoms with Crippen LogP contribution in [0.25, 0.3) is 22.0 Å². The van der Waals surface area contributed by atoms with Crippen LogP contribution in [0.5, 0.6) is 0 Å². The fourth-order valence-electron chi connectivity index (χ4n) is 3.22.